The van der Waals surface area contributed by atoms with E-state index in [4.69, 9.17) is 16.3 Å². The summed E-state index contributed by atoms with van der Waals surface area (Å²) in [6.45, 7) is -0.249. The van der Waals surface area contributed by atoms with Crippen molar-refractivity contribution in [3.63, 3.8) is 0 Å². The van der Waals surface area contributed by atoms with Gasteiger partial charge in [-0.25, -0.2) is 0 Å². The van der Waals surface area contributed by atoms with Crippen LogP contribution in [0.1, 0.15) is 0 Å². The quantitative estimate of drug-likeness (QED) is 0.483. The summed E-state index contributed by atoms with van der Waals surface area (Å²) < 4.78 is 5.29. The van der Waals surface area contributed by atoms with Gasteiger partial charge in [0.1, 0.15) is 5.75 Å². The summed E-state index contributed by atoms with van der Waals surface area (Å²) in [6.07, 6.45) is 1.95. The van der Waals surface area contributed by atoms with Crippen LogP contribution in [0, 0.1) is 10.1 Å². The molecule has 0 aromatic heterocycles. The molecule has 0 spiro atoms. The number of ether oxygens (including phenoxy) is 1. The standard InChI is InChI=1S/C15H13ClN2O4S/c1-23-12-4-2-3-10(7-12)17-15(19)9-22-14-6-5-11(18(20)21)8-13(14)16/h2-8H,9H2,1H3,(H,17,19). The highest BCUT2D eigenvalue weighted by Gasteiger charge is 2.11. The highest BCUT2D eigenvalue weighted by molar-refractivity contribution is 7.98. The van der Waals surface area contributed by atoms with Crippen molar-refractivity contribution in [1.29, 1.82) is 0 Å². The smallest absolute Gasteiger partial charge is 0.271 e. The third-order valence-electron chi connectivity index (χ3n) is 2.84. The zero-order valence-corrected chi connectivity index (χ0v) is 13.7. The SMILES string of the molecule is CSc1cccc(NC(=O)COc2ccc([N+](=O)[O-])cc2Cl)c1. The van der Waals surface area contributed by atoms with Gasteiger partial charge < -0.3 is 10.1 Å². The molecule has 0 heterocycles. The lowest BCUT2D eigenvalue weighted by Crippen LogP contribution is -2.20. The molecule has 2 aromatic rings. The fraction of sp³-hybridized carbons (Fsp3) is 0.133. The monoisotopic (exact) mass is 352 g/mol. The van der Waals surface area contributed by atoms with Crippen molar-refractivity contribution in [3.8, 4) is 5.75 Å². The first-order valence-electron chi connectivity index (χ1n) is 6.50. The van der Waals surface area contributed by atoms with Gasteiger partial charge in [-0.3, -0.25) is 14.9 Å². The lowest BCUT2D eigenvalue weighted by Gasteiger charge is -2.09. The third-order valence-corrected chi connectivity index (χ3v) is 3.86. The van der Waals surface area contributed by atoms with Gasteiger partial charge in [-0.05, 0) is 30.5 Å². The number of anilines is 1. The van der Waals surface area contributed by atoms with E-state index in [2.05, 4.69) is 5.32 Å². The van der Waals surface area contributed by atoms with E-state index < -0.39 is 4.92 Å². The first-order chi connectivity index (χ1) is 11.0. The van der Waals surface area contributed by atoms with Gasteiger partial charge in [-0.2, -0.15) is 0 Å². The normalized spacial score (nSPS) is 10.2. The zero-order valence-electron chi connectivity index (χ0n) is 12.1. The number of thioether (sulfide) groups is 1. The van der Waals surface area contributed by atoms with Gasteiger partial charge in [0.15, 0.2) is 6.61 Å². The van der Waals surface area contributed by atoms with Crippen LogP contribution >= 0.6 is 23.4 Å². The van der Waals surface area contributed by atoms with Gasteiger partial charge in [-0.1, -0.05) is 17.7 Å². The highest BCUT2D eigenvalue weighted by atomic mass is 35.5. The van der Waals surface area contributed by atoms with Crippen LogP contribution in [0.3, 0.4) is 0 Å². The summed E-state index contributed by atoms with van der Waals surface area (Å²) in [6, 6.07) is 11.2. The predicted molar refractivity (Wildman–Crippen MR) is 90.5 cm³/mol. The lowest BCUT2D eigenvalue weighted by atomic mass is 10.3. The van der Waals surface area contributed by atoms with E-state index in [0.717, 1.165) is 4.90 Å². The van der Waals surface area contributed by atoms with E-state index in [0.29, 0.717) is 5.69 Å². The Morgan fingerprint density at radius 1 is 1.35 bits per heavy atom. The molecule has 120 valence electrons. The maximum Gasteiger partial charge on any atom is 0.271 e. The molecule has 0 radical (unpaired) electrons. The predicted octanol–water partition coefficient (Wildman–Crippen LogP) is 3.99. The van der Waals surface area contributed by atoms with Gasteiger partial charge in [-0.15, -0.1) is 11.8 Å². The van der Waals surface area contributed by atoms with Crippen molar-refractivity contribution in [1.82, 2.24) is 0 Å². The zero-order chi connectivity index (χ0) is 16.8. The molecule has 1 N–H and O–H groups in total. The molecule has 2 rings (SSSR count). The first-order valence-corrected chi connectivity index (χ1v) is 8.10. The lowest BCUT2D eigenvalue weighted by molar-refractivity contribution is -0.384. The molecule has 1 amide bonds. The van der Waals surface area contributed by atoms with Crippen LogP contribution < -0.4 is 10.1 Å². The fourth-order valence-electron chi connectivity index (χ4n) is 1.76. The summed E-state index contributed by atoms with van der Waals surface area (Å²) >= 11 is 7.46. The minimum atomic E-state index is -0.554. The molecule has 0 aliphatic rings. The number of nitrogens with one attached hydrogen (secondary N) is 1. The van der Waals surface area contributed by atoms with Gasteiger partial charge in [0, 0.05) is 22.7 Å². The Hall–Kier alpha value is -2.25. The average Bonchev–Trinajstić information content (AvgIpc) is 2.53. The minimum Gasteiger partial charge on any atom is -0.482 e. The van der Waals surface area contributed by atoms with Gasteiger partial charge in [0.2, 0.25) is 0 Å². The van der Waals surface area contributed by atoms with Gasteiger partial charge in [0.05, 0.1) is 9.95 Å². The topological polar surface area (TPSA) is 81.5 Å². The van der Waals surface area contributed by atoms with Crippen LogP contribution in [0.15, 0.2) is 47.4 Å². The summed E-state index contributed by atoms with van der Waals surface area (Å²) in [5.41, 5.74) is 0.529. The molecule has 0 aliphatic heterocycles. The molecular weight excluding hydrogens is 340 g/mol. The maximum atomic E-state index is 11.9. The second-order valence-corrected chi connectivity index (χ2v) is 5.73. The number of halogens is 1. The number of carbonyl (C=O) groups is 1. The number of non-ortho nitro benzene ring substituents is 1. The van der Waals surface area contributed by atoms with Crippen LogP contribution in [0.2, 0.25) is 5.02 Å². The number of nitro groups is 1. The number of amides is 1. The first kappa shape index (κ1) is 17.1. The number of nitrogens with zero attached hydrogens (tertiary/aromatic N) is 1. The van der Waals surface area contributed by atoms with Gasteiger partial charge >= 0.3 is 0 Å². The van der Waals surface area contributed by atoms with E-state index in [1.807, 2.05) is 24.5 Å². The molecule has 0 bridgehead atoms. The summed E-state index contributed by atoms with van der Waals surface area (Å²) in [7, 11) is 0. The van der Waals surface area contributed by atoms with Crippen molar-refractivity contribution < 1.29 is 14.5 Å². The minimum absolute atomic E-state index is 0.0800. The Morgan fingerprint density at radius 2 is 2.13 bits per heavy atom. The molecule has 0 unspecified atom stereocenters. The Morgan fingerprint density at radius 3 is 2.78 bits per heavy atom. The largest absolute Gasteiger partial charge is 0.482 e. The van der Waals surface area contributed by atoms with Crippen molar-refractivity contribution in [2.24, 2.45) is 0 Å². The van der Waals surface area contributed by atoms with E-state index in [1.54, 1.807) is 17.8 Å². The van der Waals surface area contributed by atoms with Crippen LogP contribution in [0.4, 0.5) is 11.4 Å². The Balaban J connectivity index is 1.95. The number of rotatable bonds is 6. The second-order valence-electron chi connectivity index (χ2n) is 4.44. The molecule has 0 saturated carbocycles. The number of hydrogen-bond donors (Lipinski definition) is 1. The Kier molecular flexibility index (Phi) is 5.84. The summed E-state index contributed by atoms with van der Waals surface area (Å²) in [5, 5.41) is 13.4. The molecule has 0 fully saturated rings. The van der Waals surface area contributed by atoms with Crippen LogP contribution in [0.25, 0.3) is 0 Å². The highest BCUT2D eigenvalue weighted by Crippen LogP contribution is 2.28. The van der Waals surface area contributed by atoms with Crippen LogP contribution in [-0.2, 0) is 4.79 Å². The number of hydrogen-bond acceptors (Lipinski definition) is 5. The van der Waals surface area contributed by atoms with E-state index in [9.17, 15) is 14.9 Å². The molecule has 0 saturated heterocycles. The number of carbonyl (C=O) groups excluding carboxylic acids is 1. The molecule has 2 aromatic carbocycles. The molecule has 6 nitrogen and oxygen atoms in total. The maximum absolute atomic E-state index is 11.9. The van der Waals surface area contributed by atoms with E-state index in [-0.39, 0.29) is 29.0 Å². The number of nitro benzene ring substituents is 1. The van der Waals surface area contributed by atoms with Crippen LogP contribution in [-0.4, -0.2) is 23.7 Å². The van der Waals surface area contributed by atoms with Gasteiger partial charge in [0.25, 0.3) is 11.6 Å². The third kappa shape index (κ3) is 4.87. The fourth-order valence-corrected chi connectivity index (χ4v) is 2.45. The molecular formula is C15H13ClN2O4S. The molecule has 8 heteroatoms. The van der Waals surface area contributed by atoms with Crippen molar-refractivity contribution >= 4 is 40.6 Å². The van der Waals surface area contributed by atoms with Crippen molar-refractivity contribution in [3.05, 3.63) is 57.6 Å². The molecule has 23 heavy (non-hydrogen) atoms. The van der Waals surface area contributed by atoms with Crippen molar-refractivity contribution in [2.75, 3.05) is 18.2 Å². The molecule has 0 aliphatic carbocycles. The Bertz CT molecular complexity index is 739. The average molecular weight is 353 g/mol. The van der Waals surface area contributed by atoms with Crippen molar-refractivity contribution in [2.45, 2.75) is 4.90 Å². The number of benzene rings is 2. The molecule has 0 atom stereocenters. The Labute approximate surface area is 141 Å². The summed E-state index contributed by atoms with van der Waals surface area (Å²) in [5.74, 6) is -0.136. The summed E-state index contributed by atoms with van der Waals surface area (Å²) in [4.78, 5) is 23.0. The van der Waals surface area contributed by atoms with E-state index in [1.165, 1.54) is 18.2 Å². The van der Waals surface area contributed by atoms with E-state index >= 15 is 0 Å². The second kappa shape index (κ2) is 7.85. The van der Waals surface area contributed by atoms with Crippen LogP contribution in [0.5, 0.6) is 5.75 Å².